The predicted octanol–water partition coefficient (Wildman–Crippen LogP) is 5.91. The van der Waals surface area contributed by atoms with Crippen molar-refractivity contribution in [1.29, 1.82) is 5.26 Å². The van der Waals surface area contributed by atoms with E-state index in [1.165, 1.54) is 0 Å². The molecular weight excluding hydrogens is 446 g/mol. The van der Waals surface area contributed by atoms with Crippen LogP contribution < -0.4 is 5.32 Å². The number of nitrogens with one attached hydrogen (secondary N) is 1. The van der Waals surface area contributed by atoms with E-state index in [0.717, 1.165) is 16.6 Å². The van der Waals surface area contributed by atoms with E-state index < -0.39 is 5.91 Å². The van der Waals surface area contributed by atoms with E-state index in [1.54, 1.807) is 12.1 Å². The van der Waals surface area contributed by atoms with Crippen LogP contribution in [-0.2, 0) is 13.0 Å². The molecule has 7 heteroatoms. The Labute approximate surface area is 201 Å². The molecule has 1 amide bonds. The normalized spacial score (nSPS) is 11.0. The Morgan fingerprint density at radius 3 is 2.44 bits per heavy atom. The highest BCUT2D eigenvalue weighted by molar-refractivity contribution is 6.35. The number of carbonyl (C=O) groups is 1. The van der Waals surface area contributed by atoms with Crippen molar-refractivity contribution in [2.45, 2.75) is 19.9 Å². The van der Waals surface area contributed by atoms with Crippen molar-refractivity contribution in [2.24, 2.45) is 0 Å². The number of rotatable bonds is 5. The first-order chi connectivity index (χ1) is 16.6. The Morgan fingerprint density at radius 1 is 1.00 bits per heavy atom. The summed E-state index contributed by atoms with van der Waals surface area (Å²) in [6.45, 7) is 2.35. The lowest BCUT2D eigenvalue weighted by Crippen LogP contribution is -2.17. The Balaban J connectivity index is 1.66. The SMILES string of the molecule is Cc1cccc(C(=O)Nc2c(C#N)c3nc4ccccc4nc3n2CCc2ccccc2)c1Cl. The first kappa shape index (κ1) is 21.6. The van der Waals surface area contributed by atoms with Crippen LogP contribution in [0, 0.1) is 18.3 Å². The fourth-order valence-corrected chi connectivity index (χ4v) is 4.25. The van der Waals surface area contributed by atoms with Gasteiger partial charge in [-0.15, -0.1) is 0 Å². The summed E-state index contributed by atoms with van der Waals surface area (Å²) in [7, 11) is 0. The molecule has 3 aromatic carbocycles. The standard InChI is InChI=1S/C27H20ClN5O/c1-17-8-7-11-19(23(17)28)27(34)32-25-20(16-29)24-26(31-22-13-6-5-12-21(22)30-24)33(25)15-14-18-9-3-2-4-10-18/h2-13H,14-15H2,1H3,(H,32,34). The molecule has 0 aliphatic carbocycles. The van der Waals surface area contributed by atoms with Crippen molar-refractivity contribution in [3.8, 4) is 6.07 Å². The van der Waals surface area contributed by atoms with Crippen LogP contribution >= 0.6 is 11.6 Å². The molecule has 0 saturated carbocycles. The van der Waals surface area contributed by atoms with Gasteiger partial charge in [0.1, 0.15) is 23.0 Å². The highest BCUT2D eigenvalue weighted by Crippen LogP contribution is 2.31. The van der Waals surface area contributed by atoms with Gasteiger partial charge in [-0.3, -0.25) is 4.79 Å². The topological polar surface area (TPSA) is 83.6 Å². The number of hydrogen-bond acceptors (Lipinski definition) is 4. The molecule has 6 nitrogen and oxygen atoms in total. The molecule has 2 heterocycles. The maximum absolute atomic E-state index is 13.2. The summed E-state index contributed by atoms with van der Waals surface area (Å²) in [6.07, 6.45) is 0.693. The minimum Gasteiger partial charge on any atom is -0.309 e. The highest BCUT2D eigenvalue weighted by Gasteiger charge is 2.23. The Morgan fingerprint density at radius 2 is 1.71 bits per heavy atom. The van der Waals surface area contributed by atoms with Crippen LogP contribution in [-0.4, -0.2) is 20.4 Å². The summed E-state index contributed by atoms with van der Waals surface area (Å²) in [5, 5.41) is 13.4. The van der Waals surface area contributed by atoms with Gasteiger partial charge in [-0.1, -0.05) is 66.2 Å². The van der Waals surface area contributed by atoms with Crippen molar-refractivity contribution >= 4 is 45.5 Å². The first-order valence-corrected chi connectivity index (χ1v) is 11.2. The number of nitrogens with zero attached hydrogens (tertiary/aromatic N) is 4. The van der Waals surface area contributed by atoms with E-state index in [1.807, 2.05) is 72.2 Å². The van der Waals surface area contributed by atoms with Crippen LogP contribution in [0.1, 0.15) is 27.0 Å². The monoisotopic (exact) mass is 465 g/mol. The minimum atomic E-state index is -0.390. The number of carbonyl (C=O) groups excluding carboxylic acids is 1. The average Bonchev–Trinajstić information content (AvgIpc) is 3.14. The Kier molecular flexibility index (Phi) is 5.70. The highest BCUT2D eigenvalue weighted by atomic mass is 35.5. The predicted molar refractivity (Wildman–Crippen MR) is 134 cm³/mol. The van der Waals surface area contributed by atoms with Gasteiger partial charge >= 0.3 is 0 Å². The molecule has 34 heavy (non-hydrogen) atoms. The largest absolute Gasteiger partial charge is 0.309 e. The third-order valence-corrected chi connectivity index (χ3v) is 6.30. The third-order valence-electron chi connectivity index (χ3n) is 5.80. The summed E-state index contributed by atoms with van der Waals surface area (Å²) < 4.78 is 1.86. The molecule has 2 aromatic heterocycles. The molecule has 5 aromatic rings. The molecule has 0 fully saturated rings. The maximum atomic E-state index is 13.2. The molecule has 0 aliphatic rings. The number of amides is 1. The second-order valence-corrected chi connectivity index (χ2v) is 8.38. The molecule has 166 valence electrons. The van der Waals surface area contributed by atoms with E-state index in [9.17, 15) is 10.1 Å². The zero-order valence-electron chi connectivity index (χ0n) is 18.4. The second-order valence-electron chi connectivity index (χ2n) is 8.00. The fourth-order valence-electron chi connectivity index (χ4n) is 4.04. The lowest BCUT2D eigenvalue weighted by atomic mass is 10.1. The number of nitriles is 1. The van der Waals surface area contributed by atoms with Gasteiger partial charge in [-0.25, -0.2) is 9.97 Å². The van der Waals surface area contributed by atoms with Gasteiger partial charge in [0.25, 0.3) is 5.91 Å². The van der Waals surface area contributed by atoms with E-state index in [4.69, 9.17) is 21.6 Å². The van der Waals surface area contributed by atoms with Gasteiger partial charge in [0.2, 0.25) is 0 Å². The molecule has 5 rings (SSSR count). The maximum Gasteiger partial charge on any atom is 0.258 e. The number of para-hydroxylation sites is 2. The van der Waals surface area contributed by atoms with Crippen molar-refractivity contribution in [2.75, 3.05) is 5.32 Å². The van der Waals surface area contributed by atoms with Crippen LogP contribution in [0.4, 0.5) is 5.82 Å². The van der Waals surface area contributed by atoms with Crippen LogP contribution in [0.2, 0.25) is 5.02 Å². The van der Waals surface area contributed by atoms with E-state index in [-0.39, 0.29) is 5.56 Å². The zero-order valence-corrected chi connectivity index (χ0v) is 19.2. The Bertz CT molecular complexity index is 1580. The van der Waals surface area contributed by atoms with Crippen molar-refractivity contribution in [3.63, 3.8) is 0 Å². The third kappa shape index (κ3) is 3.87. The summed E-state index contributed by atoms with van der Waals surface area (Å²) in [4.78, 5) is 22.7. The molecule has 1 N–H and O–H groups in total. The van der Waals surface area contributed by atoms with Gasteiger partial charge in [0.05, 0.1) is 21.6 Å². The van der Waals surface area contributed by atoms with Gasteiger partial charge in [0.15, 0.2) is 5.65 Å². The zero-order chi connectivity index (χ0) is 23.7. The molecule has 0 radical (unpaired) electrons. The van der Waals surface area contributed by atoms with Crippen molar-refractivity contribution < 1.29 is 4.79 Å². The van der Waals surface area contributed by atoms with Crippen molar-refractivity contribution in [3.05, 3.63) is 100 Å². The molecule has 0 aliphatic heterocycles. The quantitative estimate of drug-likeness (QED) is 0.349. The molecular formula is C27H20ClN5O. The van der Waals surface area contributed by atoms with Crippen molar-refractivity contribution in [1.82, 2.24) is 14.5 Å². The van der Waals surface area contributed by atoms with Crippen LogP contribution in [0.5, 0.6) is 0 Å². The first-order valence-electron chi connectivity index (χ1n) is 10.9. The summed E-state index contributed by atoms with van der Waals surface area (Å²) in [5.41, 5.74) is 4.97. The average molecular weight is 466 g/mol. The van der Waals surface area contributed by atoms with Gasteiger partial charge in [-0.05, 0) is 42.7 Å². The number of benzene rings is 3. The molecule has 0 spiro atoms. The smallest absolute Gasteiger partial charge is 0.258 e. The van der Waals surface area contributed by atoms with Crippen LogP contribution in [0.3, 0.4) is 0 Å². The Hall–Kier alpha value is -4.21. The number of anilines is 1. The minimum absolute atomic E-state index is 0.276. The second kappa shape index (κ2) is 8.97. The number of halogens is 1. The number of aromatic nitrogens is 3. The lowest BCUT2D eigenvalue weighted by molar-refractivity contribution is 0.102. The van der Waals surface area contributed by atoms with Gasteiger partial charge in [0, 0.05) is 6.54 Å². The van der Waals surface area contributed by atoms with E-state index >= 15 is 0 Å². The van der Waals surface area contributed by atoms with Gasteiger partial charge < -0.3 is 9.88 Å². The summed E-state index contributed by atoms with van der Waals surface area (Å²) in [5.74, 6) is -0.0233. The molecule has 0 bridgehead atoms. The molecule has 0 atom stereocenters. The van der Waals surface area contributed by atoms with E-state index in [2.05, 4.69) is 11.4 Å². The number of aryl methyl sites for hydroxylation is 3. The van der Waals surface area contributed by atoms with E-state index in [0.29, 0.717) is 46.1 Å². The van der Waals surface area contributed by atoms with Gasteiger partial charge in [-0.2, -0.15) is 5.26 Å². The summed E-state index contributed by atoms with van der Waals surface area (Å²) >= 11 is 6.40. The molecule has 0 saturated heterocycles. The fraction of sp³-hybridized carbons (Fsp3) is 0.111. The van der Waals surface area contributed by atoms with Crippen LogP contribution in [0.15, 0.2) is 72.8 Å². The number of fused-ring (bicyclic) bond motifs is 2. The molecule has 0 unspecified atom stereocenters. The summed E-state index contributed by atoms with van der Waals surface area (Å²) in [6, 6.07) is 25.1. The van der Waals surface area contributed by atoms with Crippen LogP contribution in [0.25, 0.3) is 22.2 Å². The number of hydrogen-bond donors (Lipinski definition) is 1. The lowest BCUT2D eigenvalue weighted by Gasteiger charge is -2.13.